The Morgan fingerprint density at radius 3 is 2.79 bits per heavy atom. The fraction of sp³-hybridized carbons (Fsp3) is 0.308. The second-order valence-corrected chi connectivity index (χ2v) is 4.42. The zero-order valence-corrected chi connectivity index (χ0v) is 10.9. The predicted octanol–water partition coefficient (Wildman–Crippen LogP) is 1.20. The minimum Gasteiger partial charge on any atom is -0.504 e. The quantitative estimate of drug-likeness (QED) is 0.822. The minimum absolute atomic E-state index is 0.0984. The number of ether oxygens (including phenoxy) is 1. The Bertz CT molecular complexity index is 704. The molecule has 0 aliphatic carbocycles. The number of hydrogen-bond donors (Lipinski definition) is 1. The summed E-state index contributed by atoms with van der Waals surface area (Å²) in [5.41, 5.74) is -0.497. The maximum Gasteiger partial charge on any atom is 0.359 e. The second kappa shape index (κ2) is 4.72. The molecule has 0 unspecified atom stereocenters. The molecule has 100 valence electrons. The van der Waals surface area contributed by atoms with Crippen molar-refractivity contribution in [3.8, 4) is 5.75 Å². The zero-order chi connectivity index (χ0) is 14.2. The van der Waals surface area contributed by atoms with Crippen LogP contribution in [0.4, 0.5) is 0 Å². The molecule has 0 radical (unpaired) electrons. The van der Waals surface area contributed by atoms with Crippen molar-refractivity contribution in [1.82, 2.24) is 9.55 Å². The molecular weight excluding hydrogens is 248 g/mol. The highest BCUT2D eigenvalue weighted by molar-refractivity contribution is 5.97. The molecule has 0 bridgehead atoms. The summed E-state index contributed by atoms with van der Waals surface area (Å²) >= 11 is 0. The topological polar surface area (TPSA) is 81.4 Å². The van der Waals surface area contributed by atoms with Crippen molar-refractivity contribution >= 4 is 16.9 Å². The number of esters is 1. The van der Waals surface area contributed by atoms with Crippen molar-refractivity contribution in [2.45, 2.75) is 20.0 Å². The van der Waals surface area contributed by atoms with Crippen LogP contribution in [0.3, 0.4) is 0 Å². The normalized spacial score (nSPS) is 10.9. The lowest BCUT2D eigenvalue weighted by Crippen LogP contribution is -2.26. The third kappa shape index (κ3) is 2.16. The molecule has 0 spiro atoms. The number of pyridine rings is 2. The van der Waals surface area contributed by atoms with Crippen molar-refractivity contribution in [3.05, 3.63) is 34.4 Å². The molecule has 2 aromatic rings. The number of carbonyl (C=O) groups excluding carboxylic acids is 1. The van der Waals surface area contributed by atoms with Crippen molar-refractivity contribution in [2.75, 3.05) is 0 Å². The van der Waals surface area contributed by atoms with Crippen LogP contribution in [0.2, 0.25) is 0 Å². The van der Waals surface area contributed by atoms with Gasteiger partial charge in [0.1, 0.15) is 5.52 Å². The highest BCUT2D eigenvalue weighted by Gasteiger charge is 2.22. The molecule has 0 fully saturated rings. The first kappa shape index (κ1) is 13.1. The first-order valence-corrected chi connectivity index (χ1v) is 5.81. The van der Waals surface area contributed by atoms with E-state index in [4.69, 9.17) is 4.74 Å². The van der Waals surface area contributed by atoms with Gasteiger partial charge in [-0.1, -0.05) is 0 Å². The van der Waals surface area contributed by atoms with Gasteiger partial charge in [-0.05, 0) is 26.0 Å². The molecular formula is C13H14N2O4. The van der Waals surface area contributed by atoms with Crippen LogP contribution < -0.4 is 5.56 Å². The molecule has 0 amide bonds. The number of aromatic hydroxyl groups is 1. The largest absolute Gasteiger partial charge is 0.504 e. The Morgan fingerprint density at radius 2 is 2.16 bits per heavy atom. The van der Waals surface area contributed by atoms with Crippen LogP contribution in [0, 0.1) is 0 Å². The van der Waals surface area contributed by atoms with E-state index in [0.29, 0.717) is 0 Å². The molecule has 0 saturated heterocycles. The average molecular weight is 262 g/mol. The molecule has 2 heterocycles. The van der Waals surface area contributed by atoms with Gasteiger partial charge in [0.25, 0.3) is 5.56 Å². The summed E-state index contributed by atoms with van der Waals surface area (Å²) in [4.78, 5) is 28.0. The number of rotatable bonds is 2. The maximum atomic E-state index is 12.1. The van der Waals surface area contributed by atoms with E-state index in [1.807, 2.05) is 0 Å². The molecule has 0 aromatic carbocycles. The SMILES string of the molecule is CC(C)OC(=O)c1c(O)c2ncccc2c(=O)n1C. The Balaban J connectivity index is 2.75. The molecule has 1 N–H and O–H groups in total. The highest BCUT2D eigenvalue weighted by Crippen LogP contribution is 2.24. The summed E-state index contributed by atoms with van der Waals surface area (Å²) < 4.78 is 6.09. The summed E-state index contributed by atoms with van der Waals surface area (Å²) in [7, 11) is 1.41. The number of fused-ring (bicyclic) bond motifs is 1. The van der Waals surface area contributed by atoms with E-state index in [1.54, 1.807) is 26.0 Å². The van der Waals surface area contributed by atoms with E-state index >= 15 is 0 Å². The first-order valence-electron chi connectivity index (χ1n) is 5.81. The lowest BCUT2D eigenvalue weighted by atomic mass is 10.2. The third-order valence-corrected chi connectivity index (χ3v) is 2.66. The van der Waals surface area contributed by atoms with Gasteiger partial charge in [-0.3, -0.25) is 9.78 Å². The van der Waals surface area contributed by atoms with Crippen LogP contribution in [-0.2, 0) is 11.8 Å². The fourth-order valence-electron chi connectivity index (χ4n) is 1.82. The van der Waals surface area contributed by atoms with Crippen molar-refractivity contribution in [3.63, 3.8) is 0 Å². The fourth-order valence-corrected chi connectivity index (χ4v) is 1.82. The Hall–Kier alpha value is -2.37. The van der Waals surface area contributed by atoms with E-state index in [0.717, 1.165) is 4.57 Å². The Morgan fingerprint density at radius 1 is 1.47 bits per heavy atom. The number of carbonyl (C=O) groups is 1. The van der Waals surface area contributed by atoms with Gasteiger partial charge in [-0.15, -0.1) is 0 Å². The van der Waals surface area contributed by atoms with Gasteiger partial charge in [-0.25, -0.2) is 4.79 Å². The average Bonchev–Trinajstić information content (AvgIpc) is 2.35. The van der Waals surface area contributed by atoms with Crippen LogP contribution in [0.25, 0.3) is 10.9 Å². The number of hydrogen-bond acceptors (Lipinski definition) is 5. The van der Waals surface area contributed by atoms with Gasteiger partial charge < -0.3 is 14.4 Å². The van der Waals surface area contributed by atoms with Crippen LogP contribution in [0.5, 0.6) is 5.75 Å². The molecule has 19 heavy (non-hydrogen) atoms. The van der Waals surface area contributed by atoms with Crippen LogP contribution in [0.1, 0.15) is 24.3 Å². The van der Waals surface area contributed by atoms with E-state index in [9.17, 15) is 14.7 Å². The standard InChI is InChI=1S/C13H14N2O4/c1-7(2)19-13(18)10-11(16)9-8(5-4-6-14-9)12(17)15(10)3/h4-7,16H,1-3H3. The van der Waals surface area contributed by atoms with Crippen LogP contribution in [0.15, 0.2) is 23.1 Å². The lowest BCUT2D eigenvalue weighted by molar-refractivity contribution is 0.0361. The van der Waals surface area contributed by atoms with E-state index in [2.05, 4.69) is 4.98 Å². The molecule has 0 atom stereocenters. The Labute approximate surface area is 109 Å². The summed E-state index contributed by atoms with van der Waals surface area (Å²) in [5, 5.41) is 10.4. The van der Waals surface area contributed by atoms with Gasteiger partial charge in [0, 0.05) is 13.2 Å². The van der Waals surface area contributed by atoms with Gasteiger partial charge in [0.2, 0.25) is 0 Å². The zero-order valence-electron chi connectivity index (χ0n) is 10.9. The third-order valence-electron chi connectivity index (χ3n) is 2.66. The molecule has 0 saturated carbocycles. The van der Waals surface area contributed by atoms with Gasteiger partial charge >= 0.3 is 5.97 Å². The van der Waals surface area contributed by atoms with Crippen molar-refractivity contribution < 1.29 is 14.6 Å². The van der Waals surface area contributed by atoms with Gasteiger partial charge in [-0.2, -0.15) is 0 Å². The maximum absolute atomic E-state index is 12.1. The van der Waals surface area contributed by atoms with E-state index < -0.39 is 11.5 Å². The summed E-state index contributed by atoms with van der Waals surface area (Å²) in [6.45, 7) is 3.37. The second-order valence-electron chi connectivity index (χ2n) is 4.42. The summed E-state index contributed by atoms with van der Waals surface area (Å²) in [6, 6.07) is 3.14. The number of nitrogens with zero attached hydrogens (tertiary/aromatic N) is 2. The van der Waals surface area contributed by atoms with Crippen molar-refractivity contribution in [1.29, 1.82) is 0 Å². The van der Waals surface area contributed by atoms with Gasteiger partial charge in [0.05, 0.1) is 11.5 Å². The van der Waals surface area contributed by atoms with Crippen molar-refractivity contribution in [2.24, 2.45) is 7.05 Å². The summed E-state index contributed by atoms with van der Waals surface area (Å²) in [5.74, 6) is -1.09. The molecule has 6 nitrogen and oxygen atoms in total. The smallest absolute Gasteiger partial charge is 0.359 e. The molecule has 0 aliphatic rings. The molecule has 2 aromatic heterocycles. The van der Waals surface area contributed by atoms with E-state index in [-0.39, 0.29) is 28.5 Å². The monoisotopic (exact) mass is 262 g/mol. The summed E-state index contributed by atoms with van der Waals surface area (Å²) in [6.07, 6.45) is 1.10. The van der Waals surface area contributed by atoms with Crippen LogP contribution in [-0.4, -0.2) is 26.7 Å². The van der Waals surface area contributed by atoms with Crippen LogP contribution >= 0.6 is 0 Å². The Kier molecular flexibility index (Phi) is 3.25. The minimum atomic E-state index is -0.750. The first-order chi connectivity index (χ1) is 8.93. The van der Waals surface area contributed by atoms with E-state index in [1.165, 1.54) is 13.2 Å². The lowest BCUT2D eigenvalue weighted by Gasteiger charge is -2.13. The molecule has 2 rings (SSSR count). The molecule has 6 heteroatoms. The highest BCUT2D eigenvalue weighted by atomic mass is 16.5. The molecule has 0 aliphatic heterocycles. The predicted molar refractivity (Wildman–Crippen MR) is 69.2 cm³/mol. The van der Waals surface area contributed by atoms with Gasteiger partial charge in [0.15, 0.2) is 11.4 Å². The number of aromatic nitrogens is 2.